The van der Waals surface area contributed by atoms with Gasteiger partial charge in [0, 0.05) is 45.1 Å². The molecule has 7 nitrogen and oxygen atoms in total. The SMILES string of the molecule is CCN(CC)c1ccc(CNC(=NC)NCc2ccccc2-n2nc(C)cc2C)cn1.I. The van der Waals surface area contributed by atoms with Gasteiger partial charge < -0.3 is 15.5 Å². The van der Waals surface area contributed by atoms with Gasteiger partial charge in [-0.25, -0.2) is 9.67 Å². The van der Waals surface area contributed by atoms with Gasteiger partial charge in [-0.15, -0.1) is 24.0 Å². The smallest absolute Gasteiger partial charge is 0.191 e. The lowest BCUT2D eigenvalue weighted by molar-refractivity contribution is 0.779. The Balaban J connectivity index is 0.00000363. The third kappa shape index (κ3) is 6.44. The number of aromatic nitrogens is 3. The van der Waals surface area contributed by atoms with Crippen molar-refractivity contribution < 1.29 is 0 Å². The van der Waals surface area contributed by atoms with Crippen LogP contribution >= 0.6 is 24.0 Å². The molecule has 0 spiro atoms. The van der Waals surface area contributed by atoms with Crippen molar-refractivity contribution in [2.75, 3.05) is 25.0 Å². The summed E-state index contributed by atoms with van der Waals surface area (Å²) in [5.41, 5.74) is 5.47. The molecule has 0 saturated heterocycles. The van der Waals surface area contributed by atoms with Crippen LogP contribution in [0.3, 0.4) is 0 Å². The van der Waals surface area contributed by atoms with Crippen LogP contribution in [0.25, 0.3) is 5.69 Å². The molecule has 32 heavy (non-hydrogen) atoms. The van der Waals surface area contributed by atoms with Gasteiger partial charge in [0.05, 0.1) is 11.4 Å². The van der Waals surface area contributed by atoms with Crippen LogP contribution in [0.4, 0.5) is 5.82 Å². The molecule has 8 heteroatoms. The van der Waals surface area contributed by atoms with Crippen LogP contribution in [0, 0.1) is 13.8 Å². The van der Waals surface area contributed by atoms with Crippen LogP contribution in [-0.2, 0) is 13.1 Å². The van der Waals surface area contributed by atoms with E-state index in [0.717, 1.165) is 53.1 Å². The van der Waals surface area contributed by atoms with Crippen LogP contribution in [0.2, 0.25) is 0 Å². The molecule has 3 aromatic rings. The van der Waals surface area contributed by atoms with Crippen molar-refractivity contribution in [3.05, 3.63) is 71.2 Å². The fraction of sp³-hybridized carbons (Fsp3) is 0.375. The quantitative estimate of drug-likeness (QED) is 0.251. The number of benzene rings is 1. The summed E-state index contributed by atoms with van der Waals surface area (Å²) in [6.07, 6.45) is 1.92. The minimum Gasteiger partial charge on any atom is -0.357 e. The van der Waals surface area contributed by atoms with Crippen LogP contribution in [-0.4, -0.2) is 40.9 Å². The molecule has 2 aromatic heterocycles. The second kappa shape index (κ2) is 12.4. The van der Waals surface area contributed by atoms with Gasteiger partial charge in [0.25, 0.3) is 0 Å². The van der Waals surface area contributed by atoms with Gasteiger partial charge in [0.2, 0.25) is 0 Å². The average molecular weight is 547 g/mol. The Labute approximate surface area is 208 Å². The molecule has 2 heterocycles. The largest absolute Gasteiger partial charge is 0.357 e. The molecule has 3 rings (SSSR count). The predicted octanol–water partition coefficient (Wildman–Crippen LogP) is 4.21. The molecule has 0 saturated carbocycles. The Morgan fingerprint density at radius 2 is 1.75 bits per heavy atom. The van der Waals surface area contributed by atoms with E-state index in [1.165, 1.54) is 0 Å². The molecule has 0 radical (unpaired) electrons. The minimum atomic E-state index is 0. The van der Waals surface area contributed by atoms with E-state index in [4.69, 9.17) is 0 Å². The highest BCUT2D eigenvalue weighted by molar-refractivity contribution is 14.0. The molecule has 0 amide bonds. The molecule has 2 N–H and O–H groups in total. The maximum atomic E-state index is 4.63. The highest BCUT2D eigenvalue weighted by atomic mass is 127. The molecule has 0 aliphatic carbocycles. The number of hydrogen-bond acceptors (Lipinski definition) is 4. The average Bonchev–Trinajstić information content (AvgIpc) is 3.13. The molecule has 0 bridgehead atoms. The number of pyridine rings is 1. The van der Waals surface area contributed by atoms with Crippen molar-refractivity contribution in [3.8, 4) is 5.69 Å². The van der Waals surface area contributed by atoms with Crippen LogP contribution in [0.5, 0.6) is 0 Å². The van der Waals surface area contributed by atoms with Gasteiger partial charge in [-0.05, 0) is 57.0 Å². The Morgan fingerprint density at radius 3 is 2.34 bits per heavy atom. The number of guanidine groups is 1. The molecular formula is C24H34IN7. The number of hydrogen-bond donors (Lipinski definition) is 2. The highest BCUT2D eigenvalue weighted by Gasteiger charge is 2.09. The van der Waals surface area contributed by atoms with Crippen molar-refractivity contribution >= 4 is 35.8 Å². The fourth-order valence-electron chi connectivity index (χ4n) is 3.58. The van der Waals surface area contributed by atoms with Gasteiger partial charge in [0.15, 0.2) is 5.96 Å². The molecule has 1 aromatic carbocycles. The number of halogens is 1. The van der Waals surface area contributed by atoms with E-state index in [2.05, 4.69) is 81.7 Å². The number of nitrogens with one attached hydrogen (secondary N) is 2. The molecule has 0 aliphatic heterocycles. The lowest BCUT2D eigenvalue weighted by Gasteiger charge is -2.20. The summed E-state index contributed by atoms with van der Waals surface area (Å²) in [6, 6.07) is 14.6. The van der Waals surface area contributed by atoms with Crippen molar-refractivity contribution in [1.82, 2.24) is 25.4 Å². The number of aliphatic imine (C=N–C) groups is 1. The number of para-hydroxylation sites is 1. The summed E-state index contributed by atoms with van der Waals surface area (Å²) < 4.78 is 1.99. The van der Waals surface area contributed by atoms with Gasteiger partial charge in [-0.1, -0.05) is 24.3 Å². The van der Waals surface area contributed by atoms with E-state index in [9.17, 15) is 0 Å². The van der Waals surface area contributed by atoms with Crippen LogP contribution < -0.4 is 15.5 Å². The zero-order valence-electron chi connectivity index (χ0n) is 19.6. The highest BCUT2D eigenvalue weighted by Crippen LogP contribution is 2.17. The third-order valence-corrected chi connectivity index (χ3v) is 5.26. The van der Waals surface area contributed by atoms with Gasteiger partial charge in [-0.3, -0.25) is 4.99 Å². The first kappa shape index (κ1) is 25.6. The van der Waals surface area contributed by atoms with E-state index in [1.807, 2.05) is 29.9 Å². The molecule has 0 atom stereocenters. The maximum Gasteiger partial charge on any atom is 0.191 e. The van der Waals surface area contributed by atoms with Crippen molar-refractivity contribution in [1.29, 1.82) is 0 Å². The lowest BCUT2D eigenvalue weighted by Crippen LogP contribution is -2.36. The predicted molar refractivity (Wildman–Crippen MR) is 143 cm³/mol. The van der Waals surface area contributed by atoms with Gasteiger partial charge in [-0.2, -0.15) is 5.10 Å². The standard InChI is InChI=1S/C24H33N7.HI/c1-6-30(7-2)23-13-12-20(15-26-23)16-27-24(25-5)28-17-21-10-8-9-11-22(21)31-19(4)14-18(3)29-31;/h8-15H,6-7,16-17H2,1-5H3,(H2,25,27,28);1H. The number of nitrogens with zero attached hydrogens (tertiary/aromatic N) is 5. The van der Waals surface area contributed by atoms with Gasteiger partial charge in [0.1, 0.15) is 5.82 Å². The molecular weight excluding hydrogens is 513 g/mol. The monoisotopic (exact) mass is 547 g/mol. The fourth-order valence-corrected chi connectivity index (χ4v) is 3.58. The van der Waals surface area contributed by atoms with Gasteiger partial charge >= 0.3 is 0 Å². The molecule has 0 unspecified atom stereocenters. The first-order chi connectivity index (χ1) is 15.0. The maximum absolute atomic E-state index is 4.63. The second-order valence-corrected chi connectivity index (χ2v) is 7.44. The summed E-state index contributed by atoms with van der Waals surface area (Å²) >= 11 is 0. The second-order valence-electron chi connectivity index (χ2n) is 7.44. The summed E-state index contributed by atoms with van der Waals surface area (Å²) in [5.74, 6) is 1.76. The number of aryl methyl sites for hydroxylation is 2. The third-order valence-electron chi connectivity index (χ3n) is 5.26. The first-order valence-electron chi connectivity index (χ1n) is 10.8. The molecule has 0 fully saturated rings. The van der Waals surface area contributed by atoms with Crippen LogP contribution in [0.15, 0.2) is 53.7 Å². The normalized spacial score (nSPS) is 11.1. The van der Waals surface area contributed by atoms with E-state index in [-0.39, 0.29) is 24.0 Å². The Bertz CT molecular complexity index is 1010. The number of rotatable bonds is 8. The van der Waals surface area contributed by atoms with E-state index < -0.39 is 0 Å². The summed E-state index contributed by atoms with van der Waals surface area (Å²) in [7, 11) is 1.78. The Kier molecular flexibility index (Phi) is 9.96. The summed E-state index contributed by atoms with van der Waals surface area (Å²) in [5, 5.41) is 11.4. The lowest BCUT2D eigenvalue weighted by atomic mass is 10.1. The summed E-state index contributed by atoms with van der Waals surface area (Å²) in [6.45, 7) is 11.6. The Morgan fingerprint density at radius 1 is 1.03 bits per heavy atom. The van der Waals surface area contributed by atoms with Crippen molar-refractivity contribution in [2.24, 2.45) is 4.99 Å². The topological polar surface area (TPSA) is 70.4 Å². The summed E-state index contributed by atoms with van der Waals surface area (Å²) in [4.78, 5) is 11.2. The number of anilines is 1. The molecule has 0 aliphatic rings. The van der Waals surface area contributed by atoms with Crippen molar-refractivity contribution in [3.63, 3.8) is 0 Å². The zero-order valence-corrected chi connectivity index (χ0v) is 21.9. The van der Waals surface area contributed by atoms with Crippen LogP contribution in [0.1, 0.15) is 36.4 Å². The van der Waals surface area contributed by atoms with E-state index in [1.54, 1.807) is 7.05 Å². The molecule has 172 valence electrons. The first-order valence-corrected chi connectivity index (χ1v) is 10.8. The minimum absolute atomic E-state index is 0. The van der Waals surface area contributed by atoms with E-state index >= 15 is 0 Å². The van der Waals surface area contributed by atoms with Crippen molar-refractivity contribution in [2.45, 2.75) is 40.8 Å². The van der Waals surface area contributed by atoms with E-state index in [0.29, 0.717) is 13.1 Å². The zero-order chi connectivity index (χ0) is 22.2. The Hall–Kier alpha value is -2.62.